The fraction of sp³-hybridized carbons (Fsp3) is 0.200. The maximum atomic E-state index is 8.44. The lowest BCUT2D eigenvalue weighted by Gasteiger charge is -2.01. The van der Waals surface area contributed by atoms with Crippen LogP contribution in [0.4, 0.5) is 0 Å². The highest BCUT2D eigenvalue weighted by atomic mass is 16.5. The average Bonchev–Trinajstić information content (AvgIpc) is 2.19. The van der Waals surface area contributed by atoms with Gasteiger partial charge in [0.25, 0.3) is 0 Å². The second kappa shape index (κ2) is 5.22. The minimum atomic E-state index is -0.0177. The summed E-state index contributed by atoms with van der Waals surface area (Å²) in [5.74, 6) is 1.50. The van der Waals surface area contributed by atoms with E-state index in [1.807, 2.05) is 12.1 Å². The van der Waals surface area contributed by atoms with Gasteiger partial charge in [0.05, 0.1) is 20.0 Å². The summed E-state index contributed by atoms with van der Waals surface area (Å²) in [6.07, 6.45) is 2.96. The third kappa shape index (κ3) is 3.17. The smallest absolute Gasteiger partial charge is 0.126 e. The summed E-state index contributed by atoms with van der Waals surface area (Å²) in [7, 11) is 1.61. The van der Waals surface area contributed by atoms with Gasteiger partial charge in [-0.25, -0.2) is 0 Å². The molecule has 0 bridgehead atoms. The number of aliphatic hydroxyl groups is 1. The van der Waals surface area contributed by atoms with E-state index in [0.29, 0.717) is 5.75 Å². The van der Waals surface area contributed by atoms with Crippen LogP contribution in [0.25, 0.3) is 0 Å². The van der Waals surface area contributed by atoms with Crippen LogP contribution in [0.2, 0.25) is 0 Å². The second-order valence-corrected chi connectivity index (χ2v) is 2.35. The standard InChI is InChI=1S/C10H12O3/c1-12-9-3-5-10(6-4-9)13-8-2-7-11/h2-6,8,11H,7H2,1H3/b8-2+. The molecule has 1 aromatic rings. The molecule has 0 fully saturated rings. The lowest BCUT2D eigenvalue weighted by molar-refractivity contribution is 0.337. The topological polar surface area (TPSA) is 38.7 Å². The fourth-order valence-electron chi connectivity index (χ4n) is 0.824. The first-order valence-electron chi connectivity index (χ1n) is 3.93. The molecule has 0 aliphatic rings. The molecule has 3 heteroatoms. The molecule has 1 aromatic carbocycles. The Morgan fingerprint density at radius 2 is 1.85 bits per heavy atom. The van der Waals surface area contributed by atoms with Gasteiger partial charge >= 0.3 is 0 Å². The van der Waals surface area contributed by atoms with Gasteiger partial charge < -0.3 is 14.6 Å². The molecule has 13 heavy (non-hydrogen) atoms. The molecule has 70 valence electrons. The van der Waals surface area contributed by atoms with E-state index < -0.39 is 0 Å². The second-order valence-electron chi connectivity index (χ2n) is 2.35. The number of rotatable bonds is 4. The van der Waals surface area contributed by atoms with Gasteiger partial charge in [-0.05, 0) is 30.3 Å². The van der Waals surface area contributed by atoms with Crippen molar-refractivity contribution in [3.05, 3.63) is 36.6 Å². The molecule has 1 N–H and O–H groups in total. The van der Waals surface area contributed by atoms with Crippen LogP contribution in [0.1, 0.15) is 0 Å². The van der Waals surface area contributed by atoms with Crippen molar-refractivity contribution in [3.63, 3.8) is 0 Å². The average molecular weight is 180 g/mol. The number of methoxy groups -OCH3 is 1. The largest absolute Gasteiger partial charge is 0.497 e. The van der Waals surface area contributed by atoms with Gasteiger partial charge in [0.1, 0.15) is 11.5 Å². The first-order chi connectivity index (χ1) is 6.36. The molecule has 0 aliphatic heterocycles. The highest BCUT2D eigenvalue weighted by Crippen LogP contribution is 2.16. The van der Waals surface area contributed by atoms with Gasteiger partial charge in [0, 0.05) is 0 Å². The van der Waals surface area contributed by atoms with Crippen molar-refractivity contribution in [2.24, 2.45) is 0 Å². The number of ether oxygens (including phenoxy) is 2. The molecule has 0 saturated carbocycles. The number of aliphatic hydroxyl groups excluding tert-OH is 1. The van der Waals surface area contributed by atoms with E-state index in [2.05, 4.69) is 0 Å². The summed E-state index contributed by atoms with van der Waals surface area (Å²) >= 11 is 0. The first kappa shape index (κ1) is 9.61. The number of benzene rings is 1. The van der Waals surface area contributed by atoms with Crippen molar-refractivity contribution in [1.82, 2.24) is 0 Å². The molecule has 0 atom stereocenters. The Kier molecular flexibility index (Phi) is 3.85. The van der Waals surface area contributed by atoms with Gasteiger partial charge in [0.2, 0.25) is 0 Å². The van der Waals surface area contributed by atoms with E-state index in [4.69, 9.17) is 14.6 Å². The Morgan fingerprint density at radius 3 is 2.38 bits per heavy atom. The predicted octanol–water partition coefficient (Wildman–Crippen LogP) is 1.58. The van der Waals surface area contributed by atoms with Crippen LogP contribution < -0.4 is 9.47 Å². The van der Waals surface area contributed by atoms with E-state index in [-0.39, 0.29) is 6.61 Å². The van der Waals surface area contributed by atoms with Crippen molar-refractivity contribution >= 4 is 0 Å². The first-order valence-corrected chi connectivity index (χ1v) is 3.93. The van der Waals surface area contributed by atoms with Crippen LogP contribution in [-0.2, 0) is 0 Å². The van der Waals surface area contributed by atoms with Crippen LogP contribution in [-0.4, -0.2) is 18.8 Å². The zero-order valence-corrected chi connectivity index (χ0v) is 7.43. The monoisotopic (exact) mass is 180 g/mol. The number of hydrogen-bond acceptors (Lipinski definition) is 3. The van der Waals surface area contributed by atoms with E-state index in [9.17, 15) is 0 Å². The normalized spacial score (nSPS) is 10.3. The Hall–Kier alpha value is -1.48. The SMILES string of the molecule is COc1ccc(O/C=C/CO)cc1. The molecule has 0 amide bonds. The summed E-state index contributed by atoms with van der Waals surface area (Å²) < 4.78 is 10.1. The summed E-state index contributed by atoms with van der Waals surface area (Å²) in [5, 5.41) is 8.44. The maximum Gasteiger partial charge on any atom is 0.126 e. The minimum absolute atomic E-state index is 0.0177. The quantitative estimate of drug-likeness (QED) is 0.715. The van der Waals surface area contributed by atoms with Crippen molar-refractivity contribution < 1.29 is 14.6 Å². The molecule has 0 heterocycles. The van der Waals surface area contributed by atoms with Gasteiger partial charge in [-0.15, -0.1) is 0 Å². The molecule has 0 aromatic heterocycles. The van der Waals surface area contributed by atoms with Gasteiger partial charge in [-0.1, -0.05) is 0 Å². The van der Waals surface area contributed by atoms with Gasteiger partial charge in [-0.2, -0.15) is 0 Å². The third-order valence-electron chi connectivity index (χ3n) is 1.47. The molecular formula is C10H12O3. The maximum absolute atomic E-state index is 8.44. The van der Waals surface area contributed by atoms with E-state index in [1.165, 1.54) is 12.3 Å². The Labute approximate surface area is 77.2 Å². The lowest BCUT2D eigenvalue weighted by Crippen LogP contribution is -1.85. The lowest BCUT2D eigenvalue weighted by atomic mass is 10.3. The third-order valence-corrected chi connectivity index (χ3v) is 1.47. The molecule has 1 rings (SSSR count). The highest BCUT2D eigenvalue weighted by Gasteiger charge is 1.91. The van der Waals surface area contributed by atoms with Crippen molar-refractivity contribution in [1.29, 1.82) is 0 Å². The fourth-order valence-corrected chi connectivity index (χ4v) is 0.824. The summed E-state index contributed by atoms with van der Waals surface area (Å²) in [4.78, 5) is 0. The summed E-state index contributed by atoms with van der Waals surface area (Å²) in [6.45, 7) is -0.0177. The Bertz CT molecular complexity index is 264. The highest BCUT2D eigenvalue weighted by molar-refractivity contribution is 5.31. The van der Waals surface area contributed by atoms with Crippen molar-refractivity contribution in [2.75, 3.05) is 13.7 Å². The molecule has 3 nitrogen and oxygen atoms in total. The van der Waals surface area contributed by atoms with Gasteiger partial charge in [0.15, 0.2) is 0 Å². The molecule has 0 aliphatic carbocycles. The predicted molar refractivity (Wildman–Crippen MR) is 49.8 cm³/mol. The Balaban J connectivity index is 2.54. The van der Waals surface area contributed by atoms with Crippen LogP contribution in [0.3, 0.4) is 0 Å². The molecule has 0 unspecified atom stereocenters. The minimum Gasteiger partial charge on any atom is -0.497 e. The Morgan fingerprint density at radius 1 is 1.23 bits per heavy atom. The van der Waals surface area contributed by atoms with E-state index in [1.54, 1.807) is 19.2 Å². The van der Waals surface area contributed by atoms with Crippen LogP contribution in [0.5, 0.6) is 11.5 Å². The molecule has 0 spiro atoms. The zero-order valence-electron chi connectivity index (χ0n) is 7.43. The van der Waals surface area contributed by atoms with Gasteiger partial charge in [-0.3, -0.25) is 0 Å². The van der Waals surface area contributed by atoms with E-state index in [0.717, 1.165) is 5.75 Å². The van der Waals surface area contributed by atoms with E-state index >= 15 is 0 Å². The number of hydrogen-bond donors (Lipinski definition) is 1. The zero-order chi connectivity index (χ0) is 9.52. The van der Waals surface area contributed by atoms with Crippen molar-refractivity contribution in [2.45, 2.75) is 0 Å². The molecule has 0 radical (unpaired) electrons. The van der Waals surface area contributed by atoms with Crippen LogP contribution in [0, 0.1) is 0 Å². The summed E-state index contributed by atoms with van der Waals surface area (Å²) in [6, 6.07) is 7.20. The van der Waals surface area contributed by atoms with Crippen LogP contribution in [0.15, 0.2) is 36.6 Å². The van der Waals surface area contributed by atoms with Crippen molar-refractivity contribution in [3.8, 4) is 11.5 Å². The van der Waals surface area contributed by atoms with Crippen LogP contribution >= 0.6 is 0 Å². The summed E-state index contributed by atoms with van der Waals surface area (Å²) in [5.41, 5.74) is 0. The molecule has 0 saturated heterocycles. The molecular weight excluding hydrogens is 168 g/mol.